The number of aryl methyl sites for hydroxylation is 1. The van der Waals surface area contributed by atoms with E-state index in [1.54, 1.807) is 0 Å². The lowest BCUT2D eigenvalue weighted by Gasteiger charge is -2.24. The Labute approximate surface area is 183 Å². The molecule has 0 amide bonds. The highest BCUT2D eigenvalue weighted by Gasteiger charge is 2.27. The van der Waals surface area contributed by atoms with Gasteiger partial charge in [-0.05, 0) is 62.1 Å². The monoisotopic (exact) mass is 418 g/mol. The van der Waals surface area contributed by atoms with Gasteiger partial charge in [-0.25, -0.2) is 0 Å². The molecule has 0 spiro atoms. The molecule has 2 heterocycles. The van der Waals surface area contributed by atoms with Gasteiger partial charge in [0.2, 0.25) is 11.9 Å². The number of benzene rings is 2. The standard InChI is InChI=1S/C24H30N6O/c1-3-17-8-5-6-9-20(17)26-24-28-22(27-23(25)29-24)16-30-15-7-10-21(30)18-11-13-19(14-12-18)31-4-2/h5-6,8-9,11-14,21H,3-4,7,10,15-16H2,1-2H3,(H3,25,26,27,28,29). The topological polar surface area (TPSA) is 89.2 Å². The number of para-hydroxylation sites is 1. The maximum atomic E-state index is 6.01. The first-order chi connectivity index (χ1) is 15.2. The van der Waals surface area contributed by atoms with Gasteiger partial charge in [0.05, 0.1) is 13.2 Å². The number of nitrogens with two attached hydrogens (primary N) is 1. The van der Waals surface area contributed by atoms with E-state index in [9.17, 15) is 0 Å². The summed E-state index contributed by atoms with van der Waals surface area (Å²) in [6.07, 6.45) is 3.19. The number of nitrogen functional groups attached to an aromatic ring is 1. The van der Waals surface area contributed by atoms with E-state index >= 15 is 0 Å². The molecule has 3 N–H and O–H groups in total. The van der Waals surface area contributed by atoms with Crippen molar-refractivity contribution in [2.75, 3.05) is 24.2 Å². The van der Waals surface area contributed by atoms with E-state index in [0.717, 1.165) is 37.2 Å². The third-order valence-corrected chi connectivity index (χ3v) is 5.63. The van der Waals surface area contributed by atoms with E-state index in [1.807, 2.05) is 37.3 Å². The molecule has 0 saturated carbocycles. The number of hydrogen-bond acceptors (Lipinski definition) is 7. The zero-order chi connectivity index (χ0) is 21.6. The van der Waals surface area contributed by atoms with Crippen LogP contribution in [0, 0.1) is 0 Å². The molecule has 1 aliphatic rings. The van der Waals surface area contributed by atoms with Crippen LogP contribution < -0.4 is 15.8 Å². The van der Waals surface area contributed by atoms with Gasteiger partial charge in [-0.15, -0.1) is 0 Å². The molecule has 0 bridgehead atoms. The van der Waals surface area contributed by atoms with Crippen LogP contribution >= 0.6 is 0 Å². The molecule has 31 heavy (non-hydrogen) atoms. The second-order valence-corrected chi connectivity index (χ2v) is 7.70. The Kier molecular flexibility index (Phi) is 6.62. The Balaban J connectivity index is 1.50. The van der Waals surface area contributed by atoms with E-state index in [1.165, 1.54) is 11.1 Å². The fourth-order valence-corrected chi connectivity index (χ4v) is 4.16. The number of nitrogens with one attached hydrogen (secondary N) is 1. The van der Waals surface area contributed by atoms with Crippen molar-refractivity contribution in [1.29, 1.82) is 0 Å². The Morgan fingerprint density at radius 2 is 1.87 bits per heavy atom. The van der Waals surface area contributed by atoms with Crippen molar-refractivity contribution < 1.29 is 4.74 Å². The van der Waals surface area contributed by atoms with Gasteiger partial charge in [-0.1, -0.05) is 37.3 Å². The number of hydrogen-bond donors (Lipinski definition) is 2. The first kappa shape index (κ1) is 21.1. The zero-order valence-corrected chi connectivity index (χ0v) is 18.2. The summed E-state index contributed by atoms with van der Waals surface area (Å²) in [5.41, 5.74) is 9.51. The van der Waals surface area contributed by atoms with E-state index in [0.29, 0.717) is 31.0 Å². The molecule has 7 heteroatoms. The molecule has 7 nitrogen and oxygen atoms in total. The van der Waals surface area contributed by atoms with Crippen LogP contribution in [-0.4, -0.2) is 33.0 Å². The van der Waals surface area contributed by atoms with Crippen LogP contribution in [0.3, 0.4) is 0 Å². The average molecular weight is 419 g/mol. The molecule has 162 valence electrons. The van der Waals surface area contributed by atoms with Crippen molar-refractivity contribution in [2.45, 2.75) is 45.7 Å². The van der Waals surface area contributed by atoms with E-state index in [-0.39, 0.29) is 5.95 Å². The minimum Gasteiger partial charge on any atom is -0.494 e. The van der Waals surface area contributed by atoms with Gasteiger partial charge in [-0.2, -0.15) is 15.0 Å². The summed E-state index contributed by atoms with van der Waals surface area (Å²) in [6, 6.07) is 16.9. The molecule has 1 aliphatic heterocycles. The predicted octanol–water partition coefficient (Wildman–Crippen LogP) is 4.50. The van der Waals surface area contributed by atoms with Gasteiger partial charge < -0.3 is 15.8 Å². The Hall–Kier alpha value is -3.19. The van der Waals surface area contributed by atoms with Gasteiger partial charge in [0, 0.05) is 11.7 Å². The molecule has 0 radical (unpaired) electrons. The van der Waals surface area contributed by atoms with Crippen molar-refractivity contribution in [3.63, 3.8) is 0 Å². The minimum absolute atomic E-state index is 0.235. The first-order valence-corrected chi connectivity index (χ1v) is 11.0. The molecule has 1 fully saturated rings. The summed E-state index contributed by atoms with van der Waals surface area (Å²) in [6.45, 7) is 6.44. The Morgan fingerprint density at radius 1 is 1.06 bits per heavy atom. The number of aromatic nitrogens is 3. The van der Waals surface area contributed by atoms with Crippen LogP contribution in [0.4, 0.5) is 17.6 Å². The second kappa shape index (κ2) is 9.75. The third-order valence-electron chi connectivity index (χ3n) is 5.63. The summed E-state index contributed by atoms with van der Waals surface area (Å²) in [5, 5.41) is 3.32. The first-order valence-electron chi connectivity index (χ1n) is 11.0. The molecule has 1 saturated heterocycles. The second-order valence-electron chi connectivity index (χ2n) is 7.70. The highest BCUT2D eigenvalue weighted by atomic mass is 16.5. The van der Waals surface area contributed by atoms with Crippen molar-refractivity contribution in [2.24, 2.45) is 0 Å². The van der Waals surface area contributed by atoms with Crippen molar-refractivity contribution in [3.8, 4) is 5.75 Å². The zero-order valence-electron chi connectivity index (χ0n) is 18.2. The summed E-state index contributed by atoms with van der Waals surface area (Å²) < 4.78 is 5.58. The van der Waals surface area contributed by atoms with Crippen LogP contribution in [0.25, 0.3) is 0 Å². The van der Waals surface area contributed by atoms with E-state index in [2.05, 4.69) is 50.3 Å². The summed E-state index contributed by atoms with van der Waals surface area (Å²) in [7, 11) is 0. The number of nitrogens with zero attached hydrogens (tertiary/aromatic N) is 4. The lowest BCUT2D eigenvalue weighted by molar-refractivity contribution is 0.242. The van der Waals surface area contributed by atoms with Crippen LogP contribution in [0.2, 0.25) is 0 Å². The molecule has 1 aromatic heterocycles. The fourth-order valence-electron chi connectivity index (χ4n) is 4.16. The molecule has 0 aliphatic carbocycles. The number of anilines is 3. The quantitative estimate of drug-likeness (QED) is 0.557. The third kappa shape index (κ3) is 5.11. The van der Waals surface area contributed by atoms with Crippen molar-refractivity contribution in [3.05, 3.63) is 65.5 Å². The predicted molar refractivity (Wildman–Crippen MR) is 123 cm³/mol. The van der Waals surface area contributed by atoms with Gasteiger partial charge >= 0.3 is 0 Å². The van der Waals surface area contributed by atoms with Crippen molar-refractivity contribution in [1.82, 2.24) is 19.9 Å². The molecule has 4 rings (SSSR count). The largest absolute Gasteiger partial charge is 0.494 e. The number of rotatable bonds is 8. The molecular weight excluding hydrogens is 388 g/mol. The molecule has 2 aromatic carbocycles. The SMILES string of the molecule is CCOc1ccc(C2CCCN2Cc2nc(N)nc(Nc3ccccc3CC)n2)cc1. The minimum atomic E-state index is 0.235. The summed E-state index contributed by atoms with van der Waals surface area (Å²) >= 11 is 0. The Morgan fingerprint density at radius 3 is 2.65 bits per heavy atom. The van der Waals surface area contributed by atoms with Crippen LogP contribution in [0.5, 0.6) is 5.75 Å². The van der Waals surface area contributed by atoms with Crippen molar-refractivity contribution >= 4 is 17.6 Å². The van der Waals surface area contributed by atoms with Gasteiger partial charge in [0.15, 0.2) is 0 Å². The van der Waals surface area contributed by atoms with E-state index < -0.39 is 0 Å². The van der Waals surface area contributed by atoms with Gasteiger partial charge in [0.1, 0.15) is 11.6 Å². The number of likely N-dealkylation sites (tertiary alicyclic amines) is 1. The lowest BCUT2D eigenvalue weighted by Crippen LogP contribution is -2.24. The highest BCUT2D eigenvalue weighted by Crippen LogP contribution is 2.33. The fraction of sp³-hybridized carbons (Fsp3) is 0.375. The maximum Gasteiger partial charge on any atom is 0.232 e. The number of ether oxygens (including phenoxy) is 1. The smallest absolute Gasteiger partial charge is 0.232 e. The van der Waals surface area contributed by atoms with Crippen LogP contribution in [-0.2, 0) is 13.0 Å². The molecule has 1 atom stereocenters. The summed E-state index contributed by atoms with van der Waals surface area (Å²) in [4.78, 5) is 15.8. The Bertz CT molecular complexity index is 1010. The molecule has 1 unspecified atom stereocenters. The average Bonchev–Trinajstić information content (AvgIpc) is 3.22. The molecule has 3 aromatic rings. The van der Waals surface area contributed by atoms with E-state index in [4.69, 9.17) is 10.5 Å². The molecular formula is C24H30N6O. The normalized spacial score (nSPS) is 16.4. The maximum absolute atomic E-state index is 6.01. The van der Waals surface area contributed by atoms with Gasteiger partial charge in [0.25, 0.3) is 0 Å². The van der Waals surface area contributed by atoms with Crippen LogP contribution in [0.15, 0.2) is 48.5 Å². The lowest BCUT2D eigenvalue weighted by atomic mass is 10.0. The van der Waals surface area contributed by atoms with Gasteiger partial charge in [-0.3, -0.25) is 4.90 Å². The summed E-state index contributed by atoms with van der Waals surface area (Å²) in [5.74, 6) is 2.31. The van der Waals surface area contributed by atoms with Crippen LogP contribution in [0.1, 0.15) is 49.7 Å². The highest BCUT2D eigenvalue weighted by molar-refractivity contribution is 5.58.